The molecule has 1 fully saturated rings. The second-order valence-electron chi connectivity index (χ2n) is 2.74. The number of hydrogen-bond donors (Lipinski definition) is 0. The van der Waals surface area contributed by atoms with Gasteiger partial charge in [0.05, 0.1) is 6.61 Å². The largest absolute Gasteiger partial charge is 0.364 e. The number of piperidine rings is 1. The highest BCUT2D eigenvalue weighted by molar-refractivity contribution is 4.62. The maximum absolute atomic E-state index is 5.39. The van der Waals surface area contributed by atoms with Gasteiger partial charge in [-0.1, -0.05) is 0 Å². The van der Waals surface area contributed by atoms with Crippen LogP contribution in [-0.4, -0.2) is 31.6 Å². The van der Waals surface area contributed by atoms with Crippen molar-refractivity contribution in [3.05, 3.63) is 0 Å². The van der Waals surface area contributed by atoms with Crippen LogP contribution in [0, 0.1) is 0 Å². The first-order valence-corrected chi connectivity index (χ1v) is 4.30. The molecule has 3 heteroatoms. The van der Waals surface area contributed by atoms with Crippen LogP contribution in [0.3, 0.4) is 0 Å². The zero-order valence-electron chi connectivity index (χ0n) is 7.38. The van der Waals surface area contributed by atoms with E-state index >= 15 is 0 Å². The van der Waals surface area contributed by atoms with E-state index in [1.54, 1.807) is 7.11 Å². The van der Waals surface area contributed by atoms with Gasteiger partial charge in [-0.3, -0.25) is 4.84 Å². The fraction of sp³-hybridized carbons (Fsp3) is 1.00. The Labute approximate surface area is 68.2 Å². The molecular formula is C8H17NO2. The predicted octanol–water partition coefficient (Wildman–Crippen LogP) is 1.40. The van der Waals surface area contributed by atoms with E-state index in [4.69, 9.17) is 9.57 Å². The molecule has 0 radical (unpaired) electrons. The molecule has 0 spiro atoms. The van der Waals surface area contributed by atoms with Crippen molar-refractivity contribution in [2.75, 3.05) is 20.3 Å². The first-order chi connectivity index (χ1) is 5.38. The van der Waals surface area contributed by atoms with Crippen LogP contribution in [0.25, 0.3) is 0 Å². The highest BCUT2D eigenvalue weighted by atomic mass is 16.7. The minimum atomic E-state index is 0.184. The Kier molecular flexibility index (Phi) is 3.83. The van der Waals surface area contributed by atoms with Gasteiger partial charge in [0.1, 0.15) is 6.23 Å². The van der Waals surface area contributed by atoms with E-state index in [1.165, 1.54) is 12.8 Å². The molecule has 1 saturated heterocycles. The van der Waals surface area contributed by atoms with E-state index in [-0.39, 0.29) is 6.23 Å². The maximum Gasteiger partial charge on any atom is 0.132 e. The fourth-order valence-electron chi connectivity index (χ4n) is 1.42. The summed E-state index contributed by atoms with van der Waals surface area (Å²) < 4.78 is 5.26. The van der Waals surface area contributed by atoms with E-state index in [2.05, 4.69) is 0 Å². The molecule has 0 aromatic rings. The summed E-state index contributed by atoms with van der Waals surface area (Å²) in [4.78, 5) is 5.39. The molecule has 1 unspecified atom stereocenters. The van der Waals surface area contributed by atoms with Crippen molar-refractivity contribution in [2.45, 2.75) is 32.4 Å². The minimum absolute atomic E-state index is 0.184. The summed E-state index contributed by atoms with van der Waals surface area (Å²) >= 11 is 0. The molecule has 1 aliphatic heterocycles. The normalized spacial score (nSPS) is 27.3. The van der Waals surface area contributed by atoms with Crippen LogP contribution in [0.1, 0.15) is 26.2 Å². The Bertz CT molecular complexity index is 106. The number of rotatable bonds is 3. The maximum atomic E-state index is 5.39. The average molecular weight is 159 g/mol. The lowest BCUT2D eigenvalue weighted by Gasteiger charge is -2.32. The van der Waals surface area contributed by atoms with Crippen LogP contribution in [-0.2, 0) is 9.57 Å². The minimum Gasteiger partial charge on any atom is -0.364 e. The molecule has 0 bridgehead atoms. The Morgan fingerprint density at radius 2 is 2.27 bits per heavy atom. The molecular weight excluding hydrogens is 142 g/mol. The molecule has 1 heterocycles. The van der Waals surface area contributed by atoms with Crippen molar-refractivity contribution in [1.82, 2.24) is 5.06 Å². The zero-order valence-corrected chi connectivity index (χ0v) is 7.38. The molecule has 1 rings (SSSR count). The quantitative estimate of drug-likeness (QED) is 0.621. The average Bonchev–Trinajstić information content (AvgIpc) is 2.06. The predicted molar refractivity (Wildman–Crippen MR) is 43.0 cm³/mol. The van der Waals surface area contributed by atoms with Crippen molar-refractivity contribution in [2.24, 2.45) is 0 Å². The molecule has 0 N–H and O–H groups in total. The Hall–Kier alpha value is -0.120. The first-order valence-electron chi connectivity index (χ1n) is 4.30. The Morgan fingerprint density at radius 1 is 1.45 bits per heavy atom. The Balaban J connectivity index is 2.31. The molecule has 0 aromatic carbocycles. The SMILES string of the molecule is CCON1CCCCC1OC. The standard InChI is InChI=1S/C8H17NO2/c1-3-11-9-7-5-4-6-8(9)10-2/h8H,3-7H2,1-2H3. The van der Waals surface area contributed by atoms with Crippen LogP contribution in [0.5, 0.6) is 0 Å². The van der Waals surface area contributed by atoms with Gasteiger partial charge in [-0.2, -0.15) is 5.06 Å². The van der Waals surface area contributed by atoms with Gasteiger partial charge in [0.25, 0.3) is 0 Å². The van der Waals surface area contributed by atoms with Crippen LogP contribution >= 0.6 is 0 Å². The van der Waals surface area contributed by atoms with Crippen molar-refractivity contribution in [3.63, 3.8) is 0 Å². The summed E-state index contributed by atoms with van der Waals surface area (Å²) in [5, 5.41) is 1.95. The zero-order chi connectivity index (χ0) is 8.10. The first kappa shape index (κ1) is 8.97. The third-order valence-electron chi connectivity index (χ3n) is 1.97. The van der Waals surface area contributed by atoms with Gasteiger partial charge in [0.2, 0.25) is 0 Å². The van der Waals surface area contributed by atoms with Crippen molar-refractivity contribution >= 4 is 0 Å². The number of hydrogen-bond acceptors (Lipinski definition) is 3. The van der Waals surface area contributed by atoms with Crippen molar-refractivity contribution in [3.8, 4) is 0 Å². The summed E-state index contributed by atoms with van der Waals surface area (Å²) in [6.07, 6.45) is 3.75. The highest BCUT2D eigenvalue weighted by Gasteiger charge is 2.21. The number of ether oxygens (including phenoxy) is 1. The highest BCUT2D eigenvalue weighted by Crippen LogP contribution is 2.16. The lowest BCUT2D eigenvalue weighted by Crippen LogP contribution is -2.40. The van der Waals surface area contributed by atoms with Gasteiger partial charge < -0.3 is 4.74 Å². The van der Waals surface area contributed by atoms with Crippen LogP contribution in [0.15, 0.2) is 0 Å². The summed E-state index contributed by atoms with van der Waals surface area (Å²) in [6.45, 7) is 3.74. The molecule has 1 atom stereocenters. The molecule has 0 saturated carbocycles. The van der Waals surface area contributed by atoms with E-state index in [0.29, 0.717) is 0 Å². The molecule has 3 nitrogen and oxygen atoms in total. The molecule has 66 valence electrons. The lowest BCUT2D eigenvalue weighted by molar-refractivity contribution is -0.255. The number of nitrogens with zero attached hydrogens (tertiary/aromatic N) is 1. The van der Waals surface area contributed by atoms with Crippen molar-refractivity contribution in [1.29, 1.82) is 0 Å². The van der Waals surface area contributed by atoms with Gasteiger partial charge >= 0.3 is 0 Å². The van der Waals surface area contributed by atoms with E-state index in [0.717, 1.165) is 19.6 Å². The number of methoxy groups -OCH3 is 1. The molecule has 0 aromatic heterocycles. The van der Waals surface area contributed by atoms with Gasteiger partial charge in [-0.25, -0.2) is 0 Å². The van der Waals surface area contributed by atoms with Crippen LogP contribution in [0.4, 0.5) is 0 Å². The molecule has 0 aliphatic carbocycles. The third kappa shape index (κ3) is 2.43. The van der Waals surface area contributed by atoms with Crippen molar-refractivity contribution < 1.29 is 9.57 Å². The lowest BCUT2D eigenvalue weighted by atomic mass is 10.1. The summed E-state index contributed by atoms with van der Waals surface area (Å²) in [5.74, 6) is 0. The van der Waals surface area contributed by atoms with Gasteiger partial charge in [0, 0.05) is 13.7 Å². The number of hydroxylamine groups is 2. The van der Waals surface area contributed by atoms with E-state index in [1.807, 2.05) is 12.0 Å². The Morgan fingerprint density at radius 3 is 2.91 bits per heavy atom. The van der Waals surface area contributed by atoms with Gasteiger partial charge in [-0.15, -0.1) is 0 Å². The van der Waals surface area contributed by atoms with E-state index in [9.17, 15) is 0 Å². The fourth-order valence-corrected chi connectivity index (χ4v) is 1.42. The molecule has 0 amide bonds. The molecule has 11 heavy (non-hydrogen) atoms. The van der Waals surface area contributed by atoms with Gasteiger partial charge in [-0.05, 0) is 26.2 Å². The topological polar surface area (TPSA) is 21.7 Å². The summed E-state index contributed by atoms with van der Waals surface area (Å²) in [6, 6.07) is 0. The second-order valence-corrected chi connectivity index (χ2v) is 2.74. The summed E-state index contributed by atoms with van der Waals surface area (Å²) in [7, 11) is 1.74. The van der Waals surface area contributed by atoms with Gasteiger partial charge in [0.15, 0.2) is 0 Å². The second kappa shape index (κ2) is 4.70. The van der Waals surface area contributed by atoms with Crippen LogP contribution < -0.4 is 0 Å². The smallest absolute Gasteiger partial charge is 0.132 e. The van der Waals surface area contributed by atoms with Crippen LogP contribution in [0.2, 0.25) is 0 Å². The third-order valence-corrected chi connectivity index (χ3v) is 1.97. The molecule has 1 aliphatic rings. The summed E-state index contributed by atoms with van der Waals surface area (Å²) in [5.41, 5.74) is 0. The van der Waals surface area contributed by atoms with E-state index < -0.39 is 0 Å². The monoisotopic (exact) mass is 159 g/mol.